The molecular weight excluding hydrogens is 225 g/mol. The molecule has 0 saturated carbocycles. The fourth-order valence-electron chi connectivity index (χ4n) is 1.11. The molecule has 7 heteroatoms. The minimum atomic E-state index is -4.40. The average Bonchev–Trinajstić information content (AvgIpc) is 2.15. The molecule has 0 fully saturated rings. The number of halogens is 3. The molecule has 1 atom stereocenters. The van der Waals surface area contributed by atoms with Crippen LogP contribution in [0.3, 0.4) is 0 Å². The van der Waals surface area contributed by atoms with Gasteiger partial charge in [-0.15, -0.1) is 0 Å². The Bertz CT molecular complexity index is 209. The summed E-state index contributed by atoms with van der Waals surface area (Å²) in [7, 11) is 0. The molecule has 0 aliphatic rings. The number of carbonyl (C=O) groups excluding carboxylic acids is 1. The maximum absolute atomic E-state index is 11.7. The second-order valence-corrected chi connectivity index (χ2v) is 3.36. The van der Waals surface area contributed by atoms with E-state index < -0.39 is 25.3 Å². The van der Waals surface area contributed by atoms with E-state index >= 15 is 0 Å². The topological polar surface area (TPSA) is 64.3 Å². The van der Waals surface area contributed by atoms with Crippen LogP contribution in [0.5, 0.6) is 0 Å². The standard InChI is InChI=1S/C9H17F3N2O2/c1-2-7(3-4-13)14-8(15)5-16-6-9(10,11)12/h7H,2-6,13H2,1H3,(H,14,15). The van der Waals surface area contributed by atoms with Crippen LogP contribution in [0.2, 0.25) is 0 Å². The average molecular weight is 242 g/mol. The summed E-state index contributed by atoms with van der Waals surface area (Å²) in [6.45, 7) is 0.286. The van der Waals surface area contributed by atoms with Gasteiger partial charge in [0.15, 0.2) is 0 Å². The van der Waals surface area contributed by atoms with E-state index in [2.05, 4.69) is 10.1 Å². The van der Waals surface area contributed by atoms with Gasteiger partial charge in [-0.1, -0.05) is 6.92 Å². The molecule has 4 nitrogen and oxygen atoms in total. The van der Waals surface area contributed by atoms with E-state index in [9.17, 15) is 18.0 Å². The summed E-state index contributed by atoms with van der Waals surface area (Å²) in [5.41, 5.74) is 5.31. The summed E-state index contributed by atoms with van der Waals surface area (Å²) >= 11 is 0. The Morgan fingerprint density at radius 2 is 2.12 bits per heavy atom. The lowest BCUT2D eigenvalue weighted by molar-refractivity contribution is -0.175. The number of hydrogen-bond donors (Lipinski definition) is 2. The largest absolute Gasteiger partial charge is 0.411 e. The molecule has 0 heterocycles. The molecular formula is C9H17F3N2O2. The van der Waals surface area contributed by atoms with Crippen LogP contribution < -0.4 is 11.1 Å². The number of hydrogen-bond acceptors (Lipinski definition) is 3. The van der Waals surface area contributed by atoms with Crippen LogP contribution in [-0.2, 0) is 9.53 Å². The molecule has 0 aromatic carbocycles. The van der Waals surface area contributed by atoms with Crippen molar-refractivity contribution < 1.29 is 22.7 Å². The Morgan fingerprint density at radius 3 is 2.56 bits per heavy atom. The van der Waals surface area contributed by atoms with Crippen LogP contribution in [-0.4, -0.2) is 37.9 Å². The maximum atomic E-state index is 11.7. The molecule has 0 aromatic heterocycles. The van der Waals surface area contributed by atoms with Gasteiger partial charge in [-0.3, -0.25) is 4.79 Å². The number of nitrogens with one attached hydrogen (secondary N) is 1. The monoisotopic (exact) mass is 242 g/mol. The van der Waals surface area contributed by atoms with Crippen molar-refractivity contribution in [3.63, 3.8) is 0 Å². The number of alkyl halides is 3. The van der Waals surface area contributed by atoms with Gasteiger partial charge in [0.05, 0.1) is 0 Å². The Hall–Kier alpha value is -0.820. The molecule has 16 heavy (non-hydrogen) atoms. The molecule has 3 N–H and O–H groups in total. The summed E-state index contributed by atoms with van der Waals surface area (Å²) < 4.78 is 39.3. The zero-order valence-corrected chi connectivity index (χ0v) is 9.14. The summed E-state index contributed by atoms with van der Waals surface area (Å²) in [5.74, 6) is -0.551. The lowest BCUT2D eigenvalue weighted by atomic mass is 10.1. The highest BCUT2D eigenvalue weighted by Gasteiger charge is 2.27. The molecule has 0 aromatic rings. The van der Waals surface area contributed by atoms with E-state index in [1.165, 1.54) is 0 Å². The normalized spacial score (nSPS) is 13.6. The highest BCUT2D eigenvalue weighted by Crippen LogP contribution is 2.14. The quantitative estimate of drug-likeness (QED) is 0.694. The van der Waals surface area contributed by atoms with Crippen molar-refractivity contribution in [1.29, 1.82) is 0 Å². The van der Waals surface area contributed by atoms with Crippen LogP contribution in [0.4, 0.5) is 13.2 Å². The number of rotatable bonds is 7. The third-order valence-electron chi connectivity index (χ3n) is 1.87. The fourth-order valence-corrected chi connectivity index (χ4v) is 1.11. The Kier molecular flexibility index (Phi) is 7.07. The molecule has 0 bridgehead atoms. The number of ether oxygens (including phenoxy) is 1. The second kappa shape index (κ2) is 7.45. The fraction of sp³-hybridized carbons (Fsp3) is 0.889. The van der Waals surface area contributed by atoms with Gasteiger partial charge in [-0.2, -0.15) is 13.2 Å². The first-order chi connectivity index (χ1) is 7.39. The van der Waals surface area contributed by atoms with Gasteiger partial charge in [-0.25, -0.2) is 0 Å². The predicted octanol–water partition coefficient (Wildman–Crippen LogP) is 0.809. The van der Waals surface area contributed by atoms with Crippen molar-refractivity contribution in [3.8, 4) is 0 Å². The van der Waals surface area contributed by atoms with Crippen molar-refractivity contribution in [3.05, 3.63) is 0 Å². The zero-order chi connectivity index (χ0) is 12.6. The molecule has 0 rings (SSSR count). The molecule has 0 aliphatic carbocycles. The molecule has 1 unspecified atom stereocenters. The zero-order valence-electron chi connectivity index (χ0n) is 9.14. The van der Waals surface area contributed by atoms with Gasteiger partial charge in [0.25, 0.3) is 0 Å². The molecule has 96 valence electrons. The van der Waals surface area contributed by atoms with E-state index in [4.69, 9.17) is 5.73 Å². The van der Waals surface area contributed by atoms with E-state index in [-0.39, 0.29) is 6.04 Å². The van der Waals surface area contributed by atoms with Crippen molar-refractivity contribution >= 4 is 5.91 Å². The highest BCUT2D eigenvalue weighted by molar-refractivity contribution is 5.77. The van der Waals surface area contributed by atoms with E-state index in [0.29, 0.717) is 19.4 Å². The number of amides is 1. The molecule has 0 radical (unpaired) electrons. The Labute approximate surface area is 92.3 Å². The number of nitrogens with two attached hydrogens (primary N) is 1. The summed E-state index contributed by atoms with van der Waals surface area (Å²) in [6, 6.07) is -0.105. The van der Waals surface area contributed by atoms with Crippen molar-refractivity contribution in [1.82, 2.24) is 5.32 Å². The van der Waals surface area contributed by atoms with Gasteiger partial charge in [0.1, 0.15) is 13.2 Å². The minimum Gasteiger partial charge on any atom is -0.362 e. The van der Waals surface area contributed by atoms with Crippen LogP contribution >= 0.6 is 0 Å². The van der Waals surface area contributed by atoms with Gasteiger partial charge in [0, 0.05) is 6.04 Å². The van der Waals surface area contributed by atoms with E-state index in [0.717, 1.165) is 0 Å². The van der Waals surface area contributed by atoms with Crippen LogP contribution in [0.15, 0.2) is 0 Å². The van der Waals surface area contributed by atoms with Crippen molar-refractivity contribution in [2.45, 2.75) is 32.0 Å². The first kappa shape index (κ1) is 15.2. The van der Waals surface area contributed by atoms with Crippen LogP contribution in [0.25, 0.3) is 0 Å². The van der Waals surface area contributed by atoms with Gasteiger partial charge in [0.2, 0.25) is 5.91 Å². The maximum Gasteiger partial charge on any atom is 0.411 e. The van der Waals surface area contributed by atoms with Gasteiger partial charge >= 0.3 is 6.18 Å². The molecule has 1 amide bonds. The Morgan fingerprint density at radius 1 is 1.50 bits per heavy atom. The van der Waals surface area contributed by atoms with Crippen LogP contribution in [0, 0.1) is 0 Å². The first-order valence-electron chi connectivity index (χ1n) is 5.03. The van der Waals surface area contributed by atoms with E-state index in [1.807, 2.05) is 6.92 Å². The SMILES string of the molecule is CCC(CCN)NC(=O)COCC(F)(F)F. The lowest BCUT2D eigenvalue weighted by Crippen LogP contribution is -2.38. The summed E-state index contributed by atoms with van der Waals surface area (Å²) in [5, 5.41) is 2.54. The van der Waals surface area contributed by atoms with Gasteiger partial charge < -0.3 is 15.8 Å². The third kappa shape index (κ3) is 8.49. The highest BCUT2D eigenvalue weighted by atomic mass is 19.4. The third-order valence-corrected chi connectivity index (χ3v) is 1.87. The first-order valence-corrected chi connectivity index (χ1v) is 5.03. The van der Waals surface area contributed by atoms with Crippen LogP contribution in [0.1, 0.15) is 19.8 Å². The van der Waals surface area contributed by atoms with E-state index in [1.54, 1.807) is 0 Å². The second-order valence-electron chi connectivity index (χ2n) is 3.36. The summed E-state index contributed by atoms with van der Waals surface area (Å²) in [4.78, 5) is 11.1. The van der Waals surface area contributed by atoms with Crippen molar-refractivity contribution in [2.24, 2.45) is 5.73 Å². The number of carbonyl (C=O) groups is 1. The Balaban J connectivity index is 3.72. The molecule has 0 saturated heterocycles. The minimum absolute atomic E-state index is 0.105. The molecule has 0 aliphatic heterocycles. The van der Waals surface area contributed by atoms with Gasteiger partial charge in [-0.05, 0) is 19.4 Å². The lowest BCUT2D eigenvalue weighted by Gasteiger charge is -2.16. The molecule has 0 spiro atoms. The summed E-state index contributed by atoms with van der Waals surface area (Å²) in [6.07, 6.45) is -3.12. The predicted molar refractivity (Wildman–Crippen MR) is 52.8 cm³/mol. The van der Waals surface area contributed by atoms with Crippen molar-refractivity contribution in [2.75, 3.05) is 19.8 Å². The smallest absolute Gasteiger partial charge is 0.362 e.